The Kier molecular flexibility index (Phi) is 4.58. The first-order valence-corrected chi connectivity index (χ1v) is 8.65. The minimum atomic E-state index is -0.847. The van der Waals surface area contributed by atoms with Crippen LogP contribution in [0.4, 0.5) is 20.2 Å². The molecule has 0 saturated carbocycles. The van der Waals surface area contributed by atoms with E-state index in [1.165, 1.54) is 6.07 Å². The average Bonchev–Trinajstić information content (AvgIpc) is 2.82. The molecule has 0 fully saturated rings. The Bertz CT molecular complexity index is 972. The van der Waals surface area contributed by atoms with Crippen LogP contribution in [0.5, 0.6) is 0 Å². The van der Waals surface area contributed by atoms with Crippen molar-refractivity contribution < 1.29 is 8.78 Å². The third kappa shape index (κ3) is 3.53. The summed E-state index contributed by atoms with van der Waals surface area (Å²) in [6, 6.07) is 13.6. The van der Waals surface area contributed by atoms with Gasteiger partial charge in [-0.05, 0) is 49.0 Å². The Balaban J connectivity index is 1.77. The Hall–Kier alpha value is -2.86. The molecule has 0 spiro atoms. The monoisotopic (exact) mass is 364 g/mol. The molecule has 0 saturated heterocycles. The quantitative estimate of drug-likeness (QED) is 0.686. The zero-order chi connectivity index (χ0) is 19.0. The summed E-state index contributed by atoms with van der Waals surface area (Å²) in [7, 11) is 2.04. The number of hydrogen-bond acceptors (Lipinski definition) is 4. The number of rotatable bonds is 2. The molecular formula is C21H18F2N4. The number of aromatic nitrogens is 2. The van der Waals surface area contributed by atoms with Crippen molar-refractivity contribution in [3.8, 4) is 11.3 Å². The SMILES string of the molecule is [CH]c1ccc(-c2ccc3c(c2)CN(C)CCN3c2ccc(F)c(F)c2)nn1. The lowest BCUT2D eigenvalue weighted by molar-refractivity contribution is 0.343. The van der Waals surface area contributed by atoms with Gasteiger partial charge >= 0.3 is 0 Å². The zero-order valence-corrected chi connectivity index (χ0v) is 14.9. The molecule has 0 bridgehead atoms. The Morgan fingerprint density at radius 2 is 1.78 bits per heavy atom. The average molecular weight is 364 g/mol. The van der Waals surface area contributed by atoms with E-state index in [1.807, 2.05) is 30.1 Å². The molecule has 6 heteroatoms. The van der Waals surface area contributed by atoms with Gasteiger partial charge in [-0.1, -0.05) is 6.07 Å². The lowest BCUT2D eigenvalue weighted by Crippen LogP contribution is -2.26. The van der Waals surface area contributed by atoms with Gasteiger partial charge in [0.15, 0.2) is 11.6 Å². The molecule has 0 atom stereocenters. The second-order valence-electron chi connectivity index (χ2n) is 6.67. The smallest absolute Gasteiger partial charge is 0.160 e. The number of nitrogens with zero attached hydrogens (tertiary/aromatic N) is 4. The van der Waals surface area contributed by atoms with Crippen molar-refractivity contribution in [2.75, 3.05) is 25.0 Å². The van der Waals surface area contributed by atoms with E-state index >= 15 is 0 Å². The molecule has 1 aromatic heterocycles. The molecule has 3 aromatic rings. The summed E-state index contributed by atoms with van der Waals surface area (Å²) < 4.78 is 27.1. The molecule has 0 N–H and O–H groups in total. The highest BCUT2D eigenvalue weighted by molar-refractivity contribution is 5.72. The third-order valence-corrected chi connectivity index (χ3v) is 4.71. The molecule has 1 aliphatic rings. The summed E-state index contributed by atoms with van der Waals surface area (Å²) in [5.74, 6) is -1.69. The normalized spacial score (nSPS) is 14.7. The molecule has 0 unspecified atom stereocenters. The highest BCUT2D eigenvalue weighted by Crippen LogP contribution is 2.34. The molecule has 0 aliphatic carbocycles. The molecule has 4 nitrogen and oxygen atoms in total. The predicted molar refractivity (Wildman–Crippen MR) is 101 cm³/mol. The lowest BCUT2D eigenvalue weighted by Gasteiger charge is -2.25. The van der Waals surface area contributed by atoms with Crippen molar-refractivity contribution in [1.82, 2.24) is 15.1 Å². The number of hydrogen-bond donors (Lipinski definition) is 0. The largest absolute Gasteiger partial charge is 0.340 e. The van der Waals surface area contributed by atoms with Crippen molar-refractivity contribution in [3.05, 3.63) is 78.3 Å². The third-order valence-electron chi connectivity index (χ3n) is 4.71. The van der Waals surface area contributed by atoms with Crippen LogP contribution in [-0.2, 0) is 6.54 Å². The molecule has 2 radical (unpaired) electrons. The van der Waals surface area contributed by atoms with Gasteiger partial charge in [-0.25, -0.2) is 8.78 Å². The number of benzene rings is 2. The van der Waals surface area contributed by atoms with E-state index in [0.29, 0.717) is 17.9 Å². The first-order valence-electron chi connectivity index (χ1n) is 8.65. The molecule has 1 aliphatic heterocycles. The maximum Gasteiger partial charge on any atom is 0.160 e. The van der Waals surface area contributed by atoms with E-state index < -0.39 is 11.6 Å². The minimum Gasteiger partial charge on any atom is -0.340 e. The van der Waals surface area contributed by atoms with Crippen LogP contribution in [0.1, 0.15) is 11.3 Å². The van der Waals surface area contributed by atoms with Gasteiger partial charge < -0.3 is 9.80 Å². The molecule has 0 amide bonds. The summed E-state index contributed by atoms with van der Waals surface area (Å²) in [6.45, 7) is 7.83. The van der Waals surface area contributed by atoms with E-state index in [9.17, 15) is 8.78 Å². The van der Waals surface area contributed by atoms with Crippen LogP contribution in [-0.4, -0.2) is 35.2 Å². The van der Waals surface area contributed by atoms with E-state index in [1.54, 1.807) is 12.1 Å². The minimum absolute atomic E-state index is 0.373. The number of fused-ring (bicyclic) bond motifs is 1. The van der Waals surface area contributed by atoms with Gasteiger partial charge in [0.1, 0.15) is 0 Å². The van der Waals surface area contributed by atoms with E-state index in [4.69, 9.17) is 6.92 Å². The van der Waals surface area contributed by atoms with Crippen molar-refractivity contribution in [3.63, 3.8) is 0 Å². The summed E-state index contributed by atoms with van der Waals surface area (Å²) in [6.07, 6.45) is 0. The lowest BCUT2D eigenvalue weighted by atomic mass is 10.0. The van der Waals surface area contributed by atoms with Crippen molar-refractivity contribution in [1.29, 1.82) is 0 Å². The van der Waals surface area contributed by atoms with Crippen LogP contribution in [0.3, 0.4) is 0 Å². The van der Waals surface area contributed by atoms with Crippen LogP contribution in [0, 0.1) is 18.6 Å². The summed E-state index contributed by atoms with van der Waals surface area (Å²) >= 11 is 0. The fraction of sp³-hybridized carbons (Fsp3) is 0.190. The highest BCUT2D eigenvalue weighted by Gasteiger charge is 2.21. The summed E-state index contributed by atoms with van der Waals surface area (Å²) in [5, 5.41) is 8.06. The van der Waals surface area contributed by atoms with E-state index in [-0.39, 0.29) is 0 Å². The molecule has 136 valence electrons. The van der Waals surface area contributed by atoms with Crippen molar-refractivity contribution in [2.24, 2.45) is 0 Å². The van der Waals surface area contributed by atoms with E-state index in [0.717, 1.165) is 41.7 Å². The van der Waals surface area contributed by atoms with Crippen LogP contribution < -0.4 is 4.90 Å². The Morgan fingerprint density at radius 3 is 2.52 bits per heavy atom. The maximum absolute atomic E-state index is 13.8. The summed E-state index contributed by atoms with van der Waals surface area (Å²) in [4.78, 5) is 4.21. The van der Waals surface area contributed by atoms with Gasteiger partial charge in [-0.3, -0.25) is 0 Å². The van der Waals surface area contributed by atoms with Crippen LogP contribution in [0.25, 0.3) is 11.3 Å². The molecule has 4 rings (SSSR count). The number of likely N-dealkylation sites (N-methyl/N-ethyl adjacent to an activating group) is 1. The standard InChI is InChI=1S/C21H18F2N4/c1-14-3-7-20(25-24-14)15-4-8-21-16(11-15)13-26(2)9-10-27(21)17-5-6-18(22)19(23)12-17/h1,3-8,11-12H,9-10,13H2,2H3. The maximum atomic E-state index is 13.8. The van der Waals surface area contributed by atoms with Crippen LogP contribution in [0.2, 0.25) is 0 Å². The zero-order valence-electron chi connectivity index (χ0n) is 14.9. The van der Waals surface area contributed by atoms with Gasteiger partial charge in [0.25, 0.3) is 0 Å². The van der Waals surface area contributed by atoms with Gasteiger partial charge in [0.2, 0.25) is 0 Å². The Morgan fingerprint density at radius 1 is 0.926 bits per heavy atom. The fourth-order valence-corrected chi connectivity index (χ4v) is 3.31. The first kappa shape index (κ1) is 17.5. The first-order chi connectivity index (χ1) is 13.0. The fourth-order valence-electron chi connectivity index (χ4n) is 3.31. The van der Waals surface area contributed by atoms with Gasteiger partial charge in [-0.15, -0.1) is 0 Å². The number of halogens is 2. The van der Waals surface area contributed by atoms with Gasteiger partial charge in [0.05, 0.1) is 11.4 Å². The van der Waals surface area contributed by atoms with Gasteiger partial charge in [-0.2, -0.15) is 10.2 Å². The molecule has 2 heterocycles. The van der Waals surface area contributed by atoms with Crippen LogP contribution >= 0.6 is 0 Å². The highest BCUT2D eigenvalue weighted by atomic mass is 19.2. The second-order valence-corrected chi connectivity index (χ2v) is 6.67. The molecular weight excluding hydrogens is 346 g/mol. The topological polar surface area (TPSA) is 32.3 Å². The summed E-state index contributed by atoms with van der Waals surface area (Å²) in [5.41, 5.74) is 4.72. The molecule has 2 aromatic carbocycles. The Labute approximate surface area is 157 Å². The second kappa shape index (κ2) is 7.04. The molecule has 27 heavy (non-hydrogen) atoms. The van der Waals surface area contributed by atoms with E-state index in [2.05, 4.69) is 21.2 Å². The van der Waals surface area contributed by atoms with Crippen LogP contribution in [0.15, 0.2) is 48.5 Å². The van der Waals surface area contributed by atoms with Crippen molar-refractivity contribution >= 4 is 11.4 Å². The number of anilines is 2. The van der Waals surface area contributed by atoms with Crippen molar-refractivity contribution in [2.45, 2.75) is 6.54 Å². The van der Waals surface area contributed by atoms with Gasteiger partial charge in [0, 0.05) is 49.6 Å². The predicted octanol–water partition coefficient (Wildman–Crippen LogP) is 4.06.